The Bertz CT molecular complexity index is 712. The van der Waals surface area contributed by atoms with Crippen LogP contribution in [-0.4, -0.2) is 27.5 Å². The number of nitrogens with zero attached hydrogens (tertiary/aromatic N) is 2. The minimum absolute atomic E-state index is 0.0476. The molecule has 0 atom stereocenters. The fourth-order valence-electron chi connectivity index (χ4n) is 1.98. The van der Waals surface area contributed by atoms with Crippen LogP contribution >= 0.6 is 0 Å². The summed E-state index contributed by atoms with van der Waals surface area (Å²) in [7, 11) is -0.274. The first-order valence-corrected chi connectivity index (χ1v) is 8.04. The minimum Gasteiger partial charge on any atom is -0.316 e. The minimum atomic E-state index is -3.64. The quantitative estimate of drug-likeness (QED) is 0.917. The maximum Gasteiger partial charge on any atom is 0.281 e. The van der Waals surface area contributed by atoms with Gasteiger partial charge in [0, 0.05) is 19.8 Å². The molecule has 0 fully saturated rings. The highest BCUT2D eigenvalue weighted by Crippen LogP contribution is 2.21. The molecule has 1 aromatic heterocycles. The monoisotopic (exact) mass is 305 g/mol. The number of rotatable bonds is 5. The van der Waals surface area contributed by atoms with Gasteiger partial charge in [-0.15, -0.1) is 0 Å². The Morgan fingerprint density at radius 1 is 1.24 bits per heavy atom. The van der Waals surface area contributed by atoms with Crippen LogP contribution in [0.1, 0.15) is 11.1 Å². The molecule has 112 valence electrons. The number of hydrogen-bond acceptors (Lipinski definition) is 4. The number of nitrogens with one attached hydrogen (secondary N) is 1. The van der Waals surface area contributed by atoms with E-state index < -0.39 is 10.0 Å². The number of anilines is 1. The molecule has 0 saturated carbocycles. The van der Waals surface area contributed by atoms with Crippen molar-refractivity contribution >= 4 is 15.7 Å². The lowest BCUT2D eigenvalue weighted by atomic mass is 10.2. The molecule has 1 heterocycles. The summed E-state index contributed by atoms with van der Waals surface area (Å²) in [6.07, 6.45) is 1.58. The molecule has 0 amide bonds. The Morgan fingerprint density at radius 2 is 2.00 bits per heavy atom. The van der Waals surface area contributed by atoms with Crippen LogP contribution < -0.4 is 9.62 Å². The molecule has 0 spiro atoms. The predicted octanol–water partition coefficient (Wildman–Crippen LogP) is 1.93. The van der Waals surface area contributed by atoms with Crippen LogP contribution in [-0.2, 0) is 16.6 Å². The van der Waals surface area contributed by atoms with Crippen LogP contribution in [0.15, 0.2) is 47.6 Å². The van der Waals surface area contributed by atoms with Crippen molar-refractivity contribution in [3.05, 3.63) is 53.7 Å². The first-order valence-electron chi connectivity index (χ1n) is 6.60. The fraction of sp³-hybridized carbons (Fsp3) is 0.267. The summed E-state index contributed by atoms with van der Waals surface area (Å²) in [5, 5.41) is 3.04. The summed E-state index contributed by atoms with van der Waals surface area (Å²) in [5.41, 5.74) is 2.57. The highest BCUT2D eigenvalue weighted by molar-refractivity contribution is 7.92. The van der Waals surface area contributed by atoms with Crippen LogP contribution in [0, 0.1) is 6.92 Å². The Hall–Kier alpha value is -1.92. The van der Waals surface area contributed by atoms with Gasteiger partial charge in [0.2, 0.25) is 0 Å². The summed E-state index contributed by atoms with van der Waals surface area (Å²) in [6.45, 7) is 2.58. The average Bonchev–Trinajstić information content (AvgIpc) is 2.47. The zero-order chi connectivity index (χ0) is 15.5. The van der Waals surface area contributed by atoms with E-state index in [9.17, 15) is 8.42 Å². The van der Waals surface area contributed by atoms with Gasteiger partial charge >= 0.3 is 0 Å². The van der Waals surface area contributed by atoms with Gasteiger partial charge in [0.1, 0.15) is 0 Å². The van der Waals surface area contributed by atoms with E-state index in [2.05, 4.69) is 10.3 Å². The molecule has 2 aromatic rings. The standard InChI is InChI=1S/C15H19N3O2S/c1-12-5-4-6-14(9-12)18(3)21(19,20)15-8-7-13(10-16-2)11-17-15/h4-9,11,16H,10H2,1-3H3. The number of aromatic nitrogens is 1. The molecule has 21 heavy (non-hydrogen) atoms. The van der Waals surface area contributed by atoms with E-state index >= 15 is 0 Å². The van der Waals surface area contributed by atoms with Gasteiger partial charge in [0.05, 0.1) is 5.69 Å². The summed E-state index contributed by atoms with van der Waals surface area (Å²) in [6, 6.07) is 10.6. The average molecular weight is 305 g/mol. The van der Waals surface area contributed by atoms with Gasteiger partial charge in [-0.1, -0.05) is 18.2 Å². The van der Waals surface area contributed by atoms with E-state index in [1.54, 1.807) is 18.3 Å². The molecule has 0 radical (unpaired) electrons. The van der Waals surface area contributed by atoms with Crippen LogP contribution in [0.5, 0.6) is 0 Å². The lowest BCUT2D eigenvalue weighted by Crippen LogP contribution is -2.27. The molecule has 0 aliphatic heterocycles. The SMILES string of the molecule is CNCc1ccc(S(=O)(=O)N(C)c2cccc(C)c2)nc1. The number of sulfonamides is 1. The molecule has 0 unspecified atom stereocenters. The van der Waals surface area contributed by atoms with E-state index in [1.165, 1.54) is 17.4 Å². The second-order valence-electron chi connectivity index (χ2n) is 4.85. The van der Waals surface area contributed by atoms with E-state index in [0.717, 1.165) is 11.1 Å². The zero-order valence-electron chi connectivity index (χ0n) is 12.4. The van der Waals surface area contributed by atoms with E-state index in [-0.39, 0.29) is 5.03 Å². The fourth-order valence-corrected chi connectivity index (χ4v) is 3.07. The molecular formula is C15H19N3O2S. The lowest BCUT2D eigenvalue weighted by molar-refractivity contribution is 0.590. The third-order valence-corrected chi connectivity index (χ3v) is 4.87. The van der Waals surface area contributed by atoms with Gasteiger partial charge in [-0.2, -0.15) is 8.42 Å². The first kappa shape index (κ1) is 15.5. The summed E-state index contributed by atoms with van der Waals surface area (Å²) >= 11 is 0. The van der Waals surface area contributed by atoms with Crippen molar-refractivity contribution in [1.29, 1.82) is 0 Å². The Kier molecular flexibility index (Phi) is 4.59. The van der Waals surface area contributed by atoms with Crippen LogP contribution in [0.2, 0.25) is 0 Å². The van der Waals surface area contributed by atoms with Gasteiger partial charge in [-0.3, -0.25) is 4.31 Å². The van der Waals surface area contributed by atoms with Crippen molar-refractivity contribution < 1.29 is 8.42 Å². The molecule has 0 aliphatic rings. The number of pyridine rings is 1. The normalized spacial score (nSPS) is 11.4. The summed E-state index contributed by atoms with van der Waals surface area (Å²) < 4.78 is 26.4. The van der Waals surface area contributed by atoms with Gasteiger partial charge < -0.3 is 5.32 Å². The first-order chi connectivity index (χ1) is 9.95. The maximum absolute atomic E-state index is 12.6. The lowest BCUT2D eigenvalue weighted by Gasteiger charge is -2.19. The highest BCUT2D eigenvalue weighted by atomic mass is 32.2. The predicted molar refractivity (Wildman–Crippen MR) is 83.8 cm³/mol. The number of aryl methyl sites for hydroxylation is 1. The van der Waals surface area contributed by atoms with Gasteiger partial charge in [-0.25, -0.2) is 4.98 Å². The Morgan fingerprint density at radius 3 is 2.57 bits per heavy atom. The molecule has 1 aromatic carbocycles. The third-order valence-electron chi connectivity index (χ3n) is 3.17. The molecule has 0 saturated heterocycles. The molecule has 0 bridgehead atoms. The molecule has 5 nitrogen and oxygen atoms in total. The van der Waals surface area contributed by atoms with Gasteiger partial charge in [-0.05, 0) is 43.3 Å². The van der Waals surface area contributed by atoms with Crippen molar-refractivity contribution in [3.63, 3.8) is 0 Å². The number of benzene rings is 1. The van der Waals surface area contributed by atoms with E-state index in [1.807, 2.05) is 32.2 Å². The van der Waals surface area contributed by atoms with Crippen LogP contribution in [0.4, 0.5) is 5.69 Å². The zero-order valence-corrected chi connectivity index (χ0v) is 13.2. The highest BCUT2D eigenvalue weighted by Gasteiger charge is 2.22. The number of hydrogen-bond donors (Lipinski definition) is 1. The molecular weight excluding hydrogens is 286 g/mol. The van der Waals surface area contributed by atoms with Crippen molar-refractivity contribution in [1.82, 2.24) is 10.3 Å². The smallest absolute Gasteiger partial charge is 0.281 e. The van der Waals surface area contributed by atoms with E-state index in [0.29, 0.717) is 12.2 Å². The summed E-state index contributed by atoms with van der Waals surface area (Å²) in [5.74, 6) is 0. The Balaban J connectivity index is 2.32. The molecule has 1 N–H and O–H groups in total. The molecule has 2 rings (SSSR count). The largest absolute Gasteiger partial charge is 0.316 e. The molecule has 0 aliphatic carbocycles. The van der Waals surface area contributed by atoms with Crippen LogP contribution in [0.25, 0.3) is 0 Å². The maximum atomic E-state index is 12.6. The summed E-state index contributed by atoms with van der Waals surface area (Å²) in [4.78, 5) is 4.07. The van der Waals surface area contributed by atoms with Gasteiger partial charge in [0.25, 0.3) is 10.0 Å². The van der Waals surface area contributed by atoms with E-state index in [4.69, 9.17) is 0 Å². The van der Waals surface area contributed by atoms with Crippen molar-refractivity contribution in [3.8, 4) is 0 Å². The second-order valence-corrected chi connectivity index (χ2v) is 6.76. The Labute approximate surface area is 125 Å². The molecule has 6 heteroatoms. The second kappa shape index (κ2) is 6.24. The van der Waals surface area contributed by atoms with Crippen LogP contribution in [0.3, 0.4) is 0 Å². The van der Waals surface area contributed by atoms with Crippen molar-refractivity contribution in [2.75, 3.05) is 18.4 Å². The van der Waals surface area contributed by atoms with Crippen molar-refractivity contribution in [2.45, 2.75) is 18.5 Å². The van der Waals surface area contributed by atoms with Gasteiger partial charge in [0.15, 0.2) is 5.03 Å². The third kappa shape index (κ3) is 3.40. The van der Waals surface area contributed by atoms with Crippen molar-refractivity contribution in [2.24, 2.45) is 0 Å². The topological polar surface area (TPSA) is 62.3 Å².